The molecule has 1 aliphatic carbocycles. The van der Waals surface area contributed by atoms with E-state index in [1.807, 2.05) is 36.4 Å². The van der Waals surface area contributed by atoms with Gasteiger partial charge in [0.15, 0.2) is 0 Å². The van der Waals surface area contributed by atoms with Crippen molar-refractivity contribution < 1.29 is 14.3 Å². The van der Waals surface area contributed by atoms with Crippen molar-refractivity contribution >= 4 is 51.9 Å². The van der Waals surface area contributed by atoms with E-state index in [1.165, 1.54) is 11.8 Å². The molecule has 1 N–H and O–H groups in total. The minimum Gasteiger partial charge on any atom is -0.457 e. The molecular weight excluding hydrogens is 402 g/mol. The summed E-state index contributed by atoms with van der Waals surface area (Å²) < 4.78 is 6.45. The summed E-state index contributed by atoms with van der Waals surface area (Å²) in [4.78, 5) is 15.1. The fraction of sp³-hybridized carbons (Fsp3) is 0.300. The number of halogens is 1. The lowest BCUT2D eigenvalue weighted by molar-refractivity contribution is -0.124. The van der Waals surface area contributed by atoms with Crippen LogP contribution < -0.4 is 0 Å². The van der Waals surface area contributed by atoms with Gasteiger partial charge in [-0.3, -0.25) is 9.69 Å². The number of carbonyl (C=O) groups excluding carboxylic acids is 1. The van der Waals surface area contributed by atoms with E-state index in [0.29, 0.717) is 32.9 Å². The minimum atomic E-state index is -0.260. The second-order valence-electron chi connectivity index (χ2n) is 6.72. The number of benzene rings is 1. The first kappa shape index (κ1) is 18.7. The lowest BCUT2D eigenvalue weighted by Gasteiger charge is -2.32. The molecule has 1 aliphatic heterocycles. The van der Waals surface area contributed by atoms with Crippen LogP contribution in [0.25, 0.3) is 17.4 Å². The van der Waals surface area contributed by atoms with E-state index >= 15 is 0 Å². The molecule has 1 aromatic heterocycles. The Morgan fingerprint density at radius 2 is 1.85 bits per heavy atom. The molecule has 1 aromatic carbocycles. The summed E-state index contributed by atoms with van der Waals surface area (Å²) in [6, 6.07) is 11.2. The van der Waals surface area contributed by atoms with E-state index in [4.69, 9.17) is 28.2 Å². The average molecular weight is 420 g/mol. The molecule has 0 bridgehead atoms. The number of aliphatic hydroxyl groups excluding tert-OH is 1. The molecule has 0 radical (unpaired) electrons. The van der Waals surface area contributed by atoms with Crippen molar-refractivity contribution in [3.05, 3.63) is 52.1 Å². The Labute approximate surface area is 172 Å². The number of hydrogen-bond donors (Lipinski definition) is 1. The molecule has 2 aromatic rings. The van der Waals surface area contributed by atoms with Crippen molar-refractivity contribution in [1.29, 1.82) is 0 Å². The maximum absolute atomic E-state index is 12.8. The van der Waals surface area contributed by atoms with E-state index in [0.717, 1.165) is 24.2 Å². The zero-order valence-corrected chi connectivity index (χ0v) is 16.8. The topological polar surface area (TPSA) is 53.7 Å². The van der Waals surface area contributed by atoms with E-state index < -0.39 is 0 Å². The fourth-order valence-corrected chi connectivity index (χ4v) is 4.95. The van der Waals surface area contributed by atoms with Gasteiger partial charge in [0.25, 0.3) is 5.91 Å². The standard InChI is InChI=1S/C20H18ClNO3S2/c21-13-3-1-12(2-4-13)17-10-9-16(25-17)11-18-19(24)22(20(26)27-18)14-5-7-15(23)8-6-14/h1-4,9-11,14-15,23H,5-8H2/b18-11+. The highest BCUT2D eigenvalue weighted by Gasteiger charge is 2.38. The van der Waals surface area contributed by atoms with Crippen LogP contribution in [0.3, 0.4) is 0 Å². The highest BCUT2D eigenvalue weighted by atomic mass is 35.5. The monoisotopic (exact) mass is 419 g/mol. The second-order valence-corrected chi connectivity index (χ2v) is 8.84. The molecule has 140 valence electrons. The van der Waals surface area contributed by atoms with Crippen LogP contribution in [0.1, 0.15) is 31.4 Å². The van der Waals surface area contributed by atoms with Gasteiger partial charge >= 0.3 is 0 Å². The lowest BCUT2D eigenvalue weighted by Crippen LogP contribution is -2.41. The molecule has 0 spiro atoms. The zero-order chi connectivity index (χ0) is 19.0. The Morgan fingerprint density at radius 3 is 2.56 bits per heavy atom. The second kappa shape index (κ2) is 7.80. The van der Waals surface area contributed by atoms with Gasteiger partial charge in [-0.2, -0.15) is 0 Å². The van der Waals surface area contributed by atoms with Gasteiger partial charge in [0.05, 0.1) is 11.0 Å². The van der Waals surface area contributed by atoms with Crippen LogP contribution in [-0.4, -0.2) is 32.4 Å². The third kappa shape index (κ3) is 3.99. The van der Waals surface area contributed by atoms with E-state index in [1.54, 1.807) is 11.0 Å². The predicted molar refractivity (Wildman–Crippen MR) is 112 cm³/mol. The first-order chi connectivity index (χ1) is 13.0. The van der Waals surface area contributed by atoms with Crippen molar-refractivity contribution in [1.82, 2.24) is 4.90 Å². The first-order valence-corrected chi connectivity index (χ1v) is 10.4. The van der Waals surface area contributed by atoms with Gasteiger partial charge in [-0.1, -0.05) is 35.6 Å². The van der Waals surface area contributed by atoms with Crippen LogP contribution in [0.2, 0.25) is 5.02 Å². The van der Waals surface area contributed by atoms with Gasteiger partial charge in [-0.15, -0.1) is 0 Å². The highest BCUT2D eigenvalue weighted by Crippen LogP contribution is 2.37. The normalized spacial score (nSPS) is 24.8. The van der Waals surface area contributed by atoms with Crippen LogP contribution in [0, 0.1) is 0 Å². The molecule has 4 rings (SSSR count). The summed E-state index contributed by atoms with van der Waals surface area (Å²) in [5, 5.41) is 10.4. The lowest BCUT2D eigenvalue weighted by atomic mass is 9.92. The summed E-state index contributed by atoms with van der Waals surface area (Å²) in [5.74, 6) is 1.25. The van der Waals surface area contributed by atoms with E-state index in [-0.39, 0.29) is 18.1 Å². The number of aliphatic hydroxyl groups is 1. The summed E-state index contributed by atoms with van der Waals surface area (Å²) >= 11 is 12.7. The van der Waals surface area contributed by atoms with Crippen LogP contribution >= 0.6 is 35.6 Å². The quantitative estimate of drug-likeness (QED) is 0.553. The molecule has 0 unspecified atom stereocenters. The number of carbonyl (C=O) groups is 1. The molecule has 7 heteroatoms. The Balaban J connectivity index is 1.52. The fourth-order valence-electron chi connectivity index (χ4n) is 3.44. The Hall–Kier alpha value is -1.60. The summed E-state index contributed by atoms with van der Waals surface area (Å²) in [6.07, 6.45) is 4.47. The summed E-state index contributed by atoms with van der Waals surface area (Å²) in [5.41, 5.74) is 0.923. The van der Waals surface area contributed by atoms with Crippen molar-refractivity contribution in [2.75, 3.05) is 0 Å². The number of rotatable bonds is 3. The predicted octanol–water partition coefficient (Wildman–Crippen LogP) is 5.10. The van der Waals surface area contributed by atoms with Gasteiger partial charge in [0.1, 0.15) is 15.8 Å². The van der Waals surface area contributed by atoms with Crippen LogP contribution in [0.15, 0.2) is 45.7 Å². The molecule has 1 saturated carbocycles. The number of thiocarbonyl (C=S) groups is 1. The third-order valence-corrected chi connectivity index (χ3v) is 6.47. The van der Waals surface area contributed by atoms with Crippen molar-refractivity contribution in [3.63, 3.8) is 0 Å². The van der Waals surface area contributed by atoms with E-state index in [2.05, 4.69) is 0 Å². The molecule has 1 amide bonds. The first-order valence-electron chi connectivity index (χ1n) is 8.82. The van der Waals surface area contributed by atoms with E-state index in [9.17, 15) is 9.90 Å². The van der Waals surface area contributed by atoms with Crippen molar-refractivity contribution in [2.24, 2.45) is 0 Å². The molecule has 2 aliphatic rings. The maximum atomic E-state index is 12.8. The smallest absolute Gasteiger partial charge is 0.266 e. The molecule has 0 atom stereocenters. The van der Waals surface area contributed by atoms with Crippen molar-refractivity contribution in [3.8, 4) is 11.3 Å². The van der Waals surface area contributed by atoms with Gasteiger partial charge < -0.3 is 9.52 Å². The van der Waals surface area contributed by atoms with Gasteiger partial charge in [0.2, 0.25) is 0 Å². The van der Waals surface area contributed by atoms with Crippen LogP contribution in [-0.2, 0) is 4.79 Å². The number of hydrogen-bond acceptors (Lipinski definition) is 5. The van der Waals surface area contributed by atoms with Gasteiger partial charge in [-0.25, -0.2) is 0 Å². The van der Waals surface area contributed by atoms with Gasteiger partial charge in [0, 0.05) is 22.7 Å². The SMILES string of the molecule is O=C1/C(=C\c2ccc(-c3ccc(Cl)cc3)o2)SC(=S)N1C1CCC(O)CC1. The maximum Gasteiger partial charge on any atom is 0.266 e. The number of nitrogens with zero attached hydrogens (tertiary/aromatic N) is 1. The summed E-state index contributed by atoms with van der Waals surface area (Å²) in [7, 11) is 0. The van der Waals surface area contributed by atoms with Crippen LogP contribution in [0.4, 0.5) is 0 Å². The molecule has 2 fully saturated rings. The largest absolute Gasteiger partial charge is 0.457 e. The van der Waals surface area contributed by atoms with Gasteiger partial charge in [-0.05, 0) is 62.1 Å². The Morgan fingerprint density at radius 1 is 1.15 bits per heavy atom. The molecule has 27 heavy (non-hydrogen) atoms. The summed E-state index contributed by atoms with van der Waals surface area (Å²) in [6.45, 7) is 0. The Kier molecular flexibility index (Phi) is 5.41. The number of furan rings is 1. The number of amides is 1. The molecule has 2 heterocycles. The Bertz CT molecular complexity index is 898. The molecule has 1 saturated heterocycles. The number of thioether (sulfide) groups is 1. The van der Waals surface area contributed by atoms with Crippen molar-refractivity contribution in [2.45, 2.75) is 37.8 Å². The average Bonchev–Trinajstić information content (AvgIpc) is 3.22. The zero-order valence-electron chi connectivity index (χ0n) is 14.4. The molecule has 4 nitrogen and oxygen atoms in total. The molecular formula is C20H18ClNO3S2. The third-order valence-electron chi connectivity index (χ3n) is 4.88. The highest BCUT2D eigenvalue weighted by molar-refractivity contribution is 8.26. The van der Waals surface area contributed by atoms with Crippen LogP contribution in [0.5, 0.6) is 0 Å². The minimum absolute atomic E-state index is 0.0733.